The summed E-state index contributed by atoms with van der Waals surface area (Å²) in [5, 5.41) is 1.90. The Kier molecular flexibility index (Phi) is 5.00. The highest BCUT2D eigenvalue weighted by atomic mass is 32.1. The molecule has 0 aliphatic carbocycles. The summed E-state index contributed by atoms with van der Waals surface area (Å²) in [6.07, 6.45) is 1.64. The summed E-state index contributed by atoms with van der Waals surface area (Å²) in [7, 11) is 1.57. The van der Waals surface area contributed by atoms with Gasteiger partial charge >= 0.3 is 5.97 Å². The summed E-state index contributed by atoms with van der Waals surface area (Å²) in [5.74, 6) is 0.938. The summed E-state index contributed by atoms with van der Waals surface area (Å²) < 4.78 is 16.4. The first kappa shape index (κ1) is 17.0. The largest absolute Gasteiger partial charge is 0.493 e. The molecule has 0 radical (unpaired) electrons. The van der Waals surface area contributed by atoms with Gasteiger partial charge in [0.15, 0.2) is 17.2 Å². The lowest BCUT2D eigenvalue weighted by molar-refractivity contribution is -0.129. The standard InChI is InChI=1S/C19H17NO4S/c1-12(2)11-23-17-13(6-4-7-15(17)22-3)10-14-19(21)24-18(20-14)16-8-5-9-25-16/h4-10H,1,11H2,2-3H3. The van der Waals surface area contributed by atoms with Crippen molar-refractivity contribution in [3.63, 3.8) is 0 Å². The summed E-state index contributed by atoms with van der Waals surface area (Å²) >= 11 is 1.46. The Hall–Kier alpha value is -2.86. The second-order valence-electron chi connectivity index (χ2n) is 5.44. The second-order valence-corrected chi connectivity index (χ2v) is 6.39. The minimum Gasteiger partial charge on any atom is -0.493 e. The third-order valence-electron chi connectivity index (χ3n) is 3.34. The Morgan fingerprint density at radius 2 is 2.20 bits per heavy atom. The van der Waals surface area contributed by atoms with Gasteiger partial charge < -0.3 is 14.2 Å². The van der Waals surface area contributed by atoms with Crippen LogP contribution in [0, 0.1) is 0 Å². The van der Waals surface area contributed by atoms with Crippen LogP contribution in [-0.2, 0) is 9.53 Å². The minimum absolute atomic E-state index is 0.219. The highest BCUT2D eigenvalue weighted by Crippen LogP contribution is 2.34. The van der Waals surface area contributed by atoms with Crippen molar-refractivity contribution < 1.29 is 19.0 Å². The Morgan fingerprint density at radius 1 is 1.36 bits per heavy atom. The predicted molar refractivity (Wildman–Crippen MR) is 98.2 cm³/mol. The van der Waals surface area contributed by atoms with Gasteiger partial charge in [-0.15, -0.1) is 11.3 Å². The molecular formula is C19H17NO4S. The highest BCUT2D eigenvalue weighted by molar-refractivity contribution is 7.12. The Balaban J connectivity index is 1.97. The summed E-state index contributed by atoms with van der Waals surface area (Å²) in [6, 6.07) is 9.18. The van der Waals surface area contributed by atoms with Gasteiger partial charge in [-0.25, -0.2) is 9.79 Å². The molecule has 25 heavy (non-hydrogen) atoms. The number of esters is 1. The molecule has 0 unspecified atom stereocenters. The first-order chi connectivity index (χ1) is 12.1. The lowest BCUT2D eigenvalue weighted by atomic mass is 10.1. The van der Waals surface area contributed by atoms with Crippen LogP contribution >= 0.6 is 11.3 Å². The number of hydrogen-bond acceptors (Lipinski definition) is 6. The summed E-state index contributed by atoms with van der Waals surface area (Å²) in [5.41, 5.74) is 1.78. The van der Waals surface area contributed by atoms with E-state index in [9.17, 15) is 4.79 Å². The van der Waals surface area contributed by atoms with E-state index in [0.717, 1.165) is 10.5 Å². The van der Waals surface area contributed by atoms with Crippen molar-refractivity contribution in [2.45, 2.75) is 6.92 Å². The van der Waals surface area contributed by atoms with E-state index in [0.29, 0.717) is 29.6 Å². The Labute approximate surface area is 149 Å². The van der Waals surface area contributed by atoms with Crippen molar-refractivity contribution >= 4 is 29.3 Å². The third kappa shape index (κ3) is 3.80. The van der Waals surface area contributed by atoms with Gasteiger partial charge in [-0.3, -0.25) is 0 Å². The van der Waals surface area contributed by atoms with Crippen LogP contribution in [0.3, 0.4) is 0 Å². The number of aliphatic imine (C=N–C) groups is 1. The molecule has 1 aliphatic heterocycles. The molecule has 0 fully saturated rings. The van der Waals surface area contributed by atoms with E-state index in [2.05, 4.69) is 11.6 Å². The van der Waals surface area contributed by atoms with Crippen LogP contribution in [-0.4, -0.2) is 25.6 Å². The zero-order valence-electron chi connectivity index (χ0n) is 13.9. The zero-order chi connectivity index (χ0) is 17.8. The molecule has 0 saturated heterocycles. The molecule has 1 aromatic heterocycles. The van der Waals surface area contributed by atoms with Crippen LogP contribution in [0.15, 0.2) is 58.6 Å². The quantitative estimate of drug-likeness (QED) is 0.445. The average Bonchev–Trinajstić information content (AvgIpc) is 3.23. The fourth-order valence-electron chi connectivity index (χ4n) is 2.22. The number of ether oxygens (including phenoxy) is 3. The molecule has 5 nitrogen and oxygen atoms in total. The fourth-order valence-corrected chi connectivity index (χ4v) is 2.87. The van der Waals surface area contributed by atoms with Crippen LogP contribution in [0.5, 0.6) is 11.5 Å². The van der Waals surface area contributed by atoms with Gasteiger partial charge in [0, 0.05) is 5.56 Å². The van der Waals surface area contributed by atoms with Crippen LogP contribution in [0.4, 0.5) is 0 Å². The molecule has 0 saturated carbocycles. The van der Waals surface area contributed by atoms with E-state index in [-0.39, 0.29) is 5.70 Å². The van der Waals surface area contributed by atoms with Crippen LogP contribution in [0.2, 0.25) is 0 Å². The van der Waals surface area contributed by atoms with Gasteiger partial charge in [-0.2, -0.15) is 0 Å². The molecule has 128 valence electrons. The molecule has 1 aliphatic rings. The van der Waals surface area contributed by atoms with Crippen molar-refractivity contribution in [1.29, 1.82) is 0 Å². The lowest BCUT2D eigenvalue weighted by Crippen LogP contribution is -2.04. The molecule has 6 heteroatoms. The lowest BCUT2D eigenvalue weighted by Gasteiger charge is -2.13. The van der Waals surface area contributed by atoms with E-state index in [1.54, 1.807) is 19.3 Å². The molecule has 0 atom stereocenters. The maximum absolute atomic E-state index is 12.1. The highest BCUT2D eigenvalue weighted by Gasteiger charge is 2.25. The molecule has 0 amide bonds. The van der Waals surface area contributed by atoms with Gasteiger partial charge in [0.1, 0.15) is 6.61 Å². The van der Waals surface area contributed by atoms with Crippen molar-refractivity contribution in [3.8, 4) is 11.5 Å². The fraction of sp³-hybridized carbons (Fsp3) is 0.158. The number of hydrogen-bond donors (Lipinski definition) is 0. The van der Waals surface area contributed by atoms with E-state index in [4.69, 9.17) is 14.2 Å². The Morgan fingerprint density at radius 3 is 2.88 bits per heavy atom. The molecule has 2 aromatic rings. The van der Waals surface area contributed by atoms with Crippen molar-refractivity contribution in [1.82, 2.24) is 0 Å². The number of carbonyl (C=O) groups excluding carboxylic acids is 1. The van der Waals surface area contributed by atoms with Crippen LogP contribution < -0.4 is 9.47 Å². The molecule has 2 heterocycles. The molecule has 0 spiro atoms. The topological polar surface area (TPSA) is 57.1 Å². The molecule has 1 aromatic carbocycles. The van der Waals surface area contributed by atoms with E-state index in [1.165, 1.54) is 11.3 Å². The summed E-state index contributed by atoms with van der Waals surface area (Å²) in [6.45, 7) is 6.06. The van der Waals surface area contributed by atoms with Gasteiger partial charge in [-0.1, -0.05) is 24.8 Å². The van der Waals surface area contributed by atoms with E-state index in [1.807, 2.05) is 36.6 Å². The van der Waals surface area contributed by atoms with Crippen LogP contribution in [0.25, 0.3) is 6.08 Å². The minimum atomic E-state index is -0.489. The SMILES string of the molecule is C=C(C)COc1c(C=C2N=C(c3cccs3)OC2=O)cccc1OC. The van der Waals surface area contributed by atoms with Crippen molar-refractivity contribution in [2.75, 3.05) is 13.7 Å². The smallest absolute Gasteiger partial charge is 0.363 e. The van der Waals surface area contributed by atoms with E-state index < -0.39 is 5.97 Å². The normalized spacial score (nSPS) is 15.0. The van der Waals surface area contributed by atoms with Gasteiger partial charge in [0.25, 0.3) is 0 Å². The summed E-state index contributed by atoms with van der Waals surface area (Å²) in [4.78, 5) is 17.2. The van der Waals surface area contributed by atoms with Gasteiger partial charge in [-0.05, 0) is 36.1 Å². The number of benzene rings is 1. The van der Waals surface area contributed by atoms with Gasteiger partial charge in [0.05, 0.1) is 12.0 Å². The van der Waals surface area contributed by atoms with Crippen molar-refractivity contribution in [2.24, 2.45) is 4.99 Å². The maximum Gasteiger partial charge on any atom is 0.363 e. The predicted octanol–water partition coefficient (Wildman–Crippen LogP) is 4.06. The second kappa shape index (κ2) is 7.36. The average molecular weight is 355 g/mol. The number of thiophene rings is 1. The maximum atomic E-state index is 12.1. The first-order valence-electron chi connectivity index (χ1n) is 7.59. The monoisotopic (exact) mass is 355 g/mol. The third-order valence-corrected chi connectivity index (χ3v) is 4.19. The van der Waals surface area contributed by atoms with E-state index >= 15 is 0 Å². The Bertz CT molecular complexity index is 866. The molecule has 3 rings (SSSR count). The number of cyclic esters (lactones) is 1. The molecular weight excluding hydrogens is 338 g/mol. The number of carbonyl (C=O) groups is 1. The first-order valence-corrected chi connectivity index (χ1v) is 8.47. The number of para-hydroxylation sites is 1. The van der Waals surface area contributed by atoms with Crippen LogP contribution in [0.1, 0.15) is 17.4 Å². The zero-order valence-corrected chi connectivity index (χ0v) is 14.8. The number of rotatable bonds is 6. The molecule has 0 bridgehead atoms. The number of nitrogens with zero attached hydrogens (tertiary/aromatic N) is 1. The van der Waals surface area contributed by atoms with Crippen molar-refractivity contribution in [3.05, 3.63) is 64.0 Å². The molecule has 0 N–H and O–H groups in total. The number of methoxy groups -OCH3 is 1. The van der Waals surface area contributed by atoms with Gasteiger partial charge in [0.2, 0.25) is 5.90 Å².